The molecule has 1 heterocycles. The monoisotopic (exact) mass is 380 g/mol. The highest BCUT2D eigenvalue weighted by Gasteiger charge is 2.47. The maximum atomic E-state index is 13.5. The fraction of sp³-hybridized carbons (Fsp3) is 0.435. The second kappa shape index (κ2) is 6.89. The van der Waals surface area contributed by atoms with Crippen molar-refractivity contribution >= 4 is 6.03 Å². The summed E-state index contributed by atoms with van der Waals surface area (Å²) in [5.41, 5.74) is 4.63. The third kappa shape index (κ3) is 2.98. The molecule has 2 aliphatic carbocycles. The van der Waals surface area contributed by atoms with Gasteiger partial charge >= 0.3 is 6.03 Å². The molecule has 0 aromatic heterocycles. The molecule has 4 nitrogen and oxygen atoms in total. The van der Waals surface area contributed by atoms with Crippen molar-refractivity contribution in [2.75, 3.05) is 13.2 Å². The number of carbonyl (C=O) groups excluding carboxylic acids is 1. The van der Waals surface area contributed by atoms with Crippen molar-refractivity contribution in [3.05, 3.63) is 70.5 Å². The summed E-state index contributed by atoms with van der Waals surface area (Å²) in [4.78, 5) is 12.9. The Balaban J connectivity index is 1.35. The van der Waals surface area contributed by atoms with Gasteiger partial charge in [-0.05, 0) is 66.5 Å². The summed E-state index contributed by atoms with van der Waals surface area (Å²) in [5, 5.41) is 6.42. The predicted molar refractivity (Wildman–Crippen MR) is 105 cm³/mol. The molecule has 0 saturated carbocycles. The normalized spacial score (nSPS) is 24.6. The Hall–Kier alpha value is -2.40. The second-order valence-corrected chi connectivity index (χ2v) is 8.34. The first-order chi connectivity index (χ1) is 13.6. The van der Waals surface area contributed by atoms with Crippen LogP contribution in [0, 0.1) is 11.2 Å². The lowest BCUT2D eigenvalue weighted by molar-refractivity contribution is 0.00208. The Morgan fingerprint density at radius 2 is 1.86 bits per heavy atom. The first-order valence-electron chi connectivity index (χ1n) is 10.2. The zero-order chi connectivity index (χ0) is 19.1. The van der Waals surface area contributed by atoms with Crippen LogP contribution >= 0.6 is 0 Å². The SMILES string of the molecule is O=C(NC1CCc2cc(F)ccc21)NC1c2ccccc2CC12CCOCC2. The minimum Gasteiger partial charge on any atom is -0.381 e. The highest BCUT2D eigenvalue weighted by Crippen LogP contribution is 2.51. The summed E-state index contributed by atoms with van der Waals surface area (Å²) in [7, 11) is 0. The van der Waals surface area contributed by atoms with E-state index in [2.05, 4.69) is 28.8 Å². The zero-order valence-electron chi connectivity index (χ0n) is 15.8. The fourth-order valence-corrected chi connectivity index (χ4v) is 5.33. The van der Waals surface area contributed by atoms with Crippen LogP contribution in [0.1, 0.15) is 53.6 Å². The highest BCUT2D eigenvalue weighted by molar-refractivity contribution is 5.75. The Kier molecular flexibility index (Phi) is 4.35. The number of halogens is 1. The third-order valence-electron chi connectivity index (χ3n) is 6.77. The van der Waals surface area contributed by atoms with Gasteiger partial charge in [0.05, 0.1) is 12.1 Å². The summed E-state index contributed by atoms with van der Waals surface area (Å²) in [6, 6.07) is 13.1. The smallest absolute Gasteiger partial charge is 0.315 e. The lowest BCUT2D eigenvalue weighted by Gasteiger charge is -2.39. The van der Waals surface area contributed by atoms with Crippen molar-refractivity contribution < 1.29 is 13.9 Å². The Morgan fingerprint density at radius 1 is 1.04 bits per heavy atom. The van der Waals surface area contributed by atoms with Gasteiger partial charge in [-0.2, -0.15) is 0 Å². The predicted octanol–water partition coefficient (Wildman–Crippen LogP) is 4.21. The van der Waals surface area contributed by atoms with Crippen LogP contribution in [0.5, 0.6) is 0 Å². The first kappa shape index (κ1) is 17.7. The quantitative estimate of drug-likeness (QED) is 0.820. The van der Waals surface area contributed by atoms with Crippen LogP contribution in [0.25, 0.3) is 0 Å². The summed E-state index contributed by atoms with van der Waals surface area (Å²) >= 11 is 0. The molecule has 3 aliphatic rings. The minimum atomic E-state index is -0.215. The Morgan fingerprint density at radius 3 is 2.71 bits per heavy atom. The standard InChI is InChI=1S/C23H25FN2O2/c24-17-6-7-18-15(13-17)5-8-20(18)25-22(27)26-21-19-4-2-1-3-16(19)14-23(21)9-11-28-12-10-23/h1-4,6-7,13,20-21H,5,8-12,14H2,(H2,25,26,27). The van der Waals surface area contributed by atoms with E-state index in [-0.39, 0.29) is 29.3 Å². The van der Waals surface area contributed by atoms with Crippen molar-refractivity contribution in [3.8, 4) is 0 Å². The van der Waals surface area contributed by atoms with E-state index in [0.717, 1.165) is 56.4 Å². The third-order valence-corrected chi connectivity index (χ3v) is 6.77. The second-order valence-electron chi connectivity index (χ2n) is 8.34. The van der Waals surface area contributed by atoms with Crippen LogP contribution in [0.3, 0.4) is 0 Å². The number of carbonyl (C=O) groups is 1. The van der Waals surface area contributed by atoms with E-state index in [1.165, 1.54) is 17.2 Å². The van der Waals surface area contributed by atoms with Gasteiger partial charge in [0.1, 0.15) is 5.82 Å². The maximum absolute atomic E-state index is 13.5. The number of amides is 2. The molecule has 1 aliphatic heterocycles. The van der Waals surface area contributed by atoms with E-state index in [1.807, 2.05) is 6.07 Å². The molecule has 2 unspecified atom stereocenters. The summed E-state index contributed by atoms with van der Waals surface area (Å²) in [6.45, 7) is 1.49. The topological polar surface area (TPSA) is 50.4 Å². The van der Waals surface area contributed by atoms with Crippen molar-refractivity contribution in [3.63, 3.8) is 0 Å². The average Bonchev–Trinajstić information content (AvgIpc) is 3.21. The molecule has 2 aromatic carbocycles. The molecule has 1 fully saturated rings. The number of hydrogen-bond acceptors (Lipinski definition) is 2. The highest BCUT2D eigenvalue weighted by atomic mass is 19.1. The van der Waals surface area contributed by atoms with Crippen LogP contribution in [0.2, 0.25) is 0 Å². The minimum absolute atomic E-state index is 0.00157. The molecule has 1 saturated heterocycles. The molecule has 2 atom stereocenters. The number of fused-ring (bicyclic) bond motifs is 2. The number of benzene rings is 2. The van der Waals surface area contributed by atoms with E-state index < -0.39 is 0 Å². The zero-order valence-corrected chi connectivity index (χ0v) is 15.8. The van der Waals surface area contributed by atoms with Gasteiger partial charge in [-0.1, -0.05) is 30.3 Å². The van der Waals surface area contributed by atoms with E-state index >= 15 is 0 Å². The largest absolute Gasteiger partial charge is 0.381 e. The Labute approximate surface area is 164 Å². The van der Waals surface area contributed by atoms with Crippen LogP contribution in [0.4, 0.5) is 9.18 Å². The van der Waals surface area contributed by atoms with Crippen molar-refractivity contribution in [2.45, 2.75) is 44.2 Å². The number of rotatable bonds is 2. The van der Waals surface area contributed by atoms with Crippen molar-refractivity contribution in [1.29, 1.82) is 0 Å². The molecular formula is C23H25FN2O2. The first-order valence-corrected chi connectivity index (χ1v) is 10.2. The maximum Gasteiger partial charge on any atom is 0.315 e. The van der Waals surface area contributed by atoms with E-state index in [1.54, 1.807) is 12.1 Å². The lowest BCUT2D eigenvalue weighted by Crippen LogP contribution is -2.46. The van der Waals surface area contributed by atoms with Gasteiger partial charge in [-0.15, -0.1) is 0 Å². The van der Waals surface area contributed by atoms with Crippen molar-refractivity contribution in [1.82, 2.24) is 10.6 Å². The van der Waals surface area contributed by atoms with Crippen molar-refractivity contribution in [2.24, 2.45) is 5.41 Å². The molecule has 5 rings (SSSR count). The number of aryl methyl sites for hydroxylation is 1. The lowest BCUT2D eigenvalue weighted by atomic mass is 9.74. The molecule has 0 bridgehead atoms. The van der Waals surface area contributed by atoms with Gasteiger partial charge in [0, 0.05) is 18.6 Å². The van der Waals surface area contributed by atoms with E-state index in [4.69, 9.17) is 4.74 Å². The van der Waals surface area contributed by atoms with E-state index in [9.17, 15) is 9.18 Å². The molecule has 2 amide bonds. The molecule has 5 heteroatoms. The van der Waals surface area contributed by atoms with Crippen LogP contribution in [-0.2, 0) is 17.6 Å². The van der Waals surface area contributed by atoms with Gasteiger partial charge in [-0.3, -0.25) is 0 Å². The van der Waals surface area contributed by atoms with E-state index in [0.29, 0.717) is 0 Å². The summed E-state index contributed by atoms with van der Waals surface area (Å²) in [6.07, 6.45) is 4.51. The van der Waals surface area contributed by atoms with Crippen LogP contribution in [-0.4, -0.2) is 19.2 Å². The van der Waals surface area contributed by atoms with Crippen LogP contribution < -0.4 is 10.6 Å². The Bertz CT molecular complexity index is 907. The average molecular weight is 380 g/mol. The van der Waals surface area contributed by atoms with Gasteiger partial charge in [0.2, 0.25) is 0 Å². The molecule has 0 radical (unpaired) electrons. The molecule has 2 aromatic rings. The molecule has 2 N–H and O–H groups in total. The van der Waals surface area contributed by atoms with Gasteiger partial charge in [0.25, 0.3) is 0 Å². The van der Waals surface area contributed by atoms with Gasteiger partial charge in [-0.25, -0.2) is 9.18 Å². The molecular weight excluding hydrogens is 355 g/mol. The number of urea groups is 1. The van der Waals surface area contributed by atoms with Gasteiger partial charge < -0.3 is 15.4 Å². The van der Waals surface area contributed by atoms with Gasteiger partial charge in [0.15, 0.2) is 0 Å². The number of hydrogen-bond donors (Lipinski definition) is 2. The number of ether oxygens (including phenoxy) is 1. The van der Waals surface area contributed by atoms with Crippen LogP contribution in [0.15, 0.2) is 42.5 Å². The summed E-state index contributed by atoms with van der Waals surface area (Å²) < 4.78 is 19.1. The molecule has 146 valence electrons. The summed E-state index contributed by atoms with van der Waals surface area (Å²) in [5.74, 6) is -0.215. The fourth-order valence-electron chi connectivity index (χ4n) is 5.33. The molecule has 1 spiro atoms. The molecule has 28 heavy (non-hydrogen) atoms. The number of nitrogens with one attached hydrogen (secondary N) is 2.